The van der Waals surface area contributed by atoms with Gasteiger partial charge in [0.25, 0.3) is 0 Å². The molecule has 0 aliphatic carbocycles. The van der Waals surface area contributed by atoms with E-state index < -0.39 is 0 Å². The van der Waals surface area contributed by atoms with Crippen molar-refractivity contribution in [3.8, 4) is 0 Å². The third kappa shape index (κ3) is 2.49. The molecule has 1 aliphatic heterocycles. The fraction of sp³-hybridized carbons (Fsp3) is 0.188. The Bertz CT molecular complexity index is 590. The summed E-state index contributed by atoms with van der Waals surface area (Å²) >= 11 is 5.94. The van der Waals surface area contributed by atoms with Crippen LogP contribution in [0.5, 0.6) is 0 Å². The summed E-state index contributed by atoms with van der Waals surface area (Å²) in [7, 11) is 2.02. The van der Waals surface area contributed by atoms with Crippen LogP contribution in [0.25, 0.3) is 0 Å². The van der Waals surface area contributed by atoms with E-state index in [1.165, 1.54) is 11.1 Å². The van der Waals surface area contributed by atoms with Crippen molar-refractivity contribution >= 4 is 17.3 Å². The molecule has 19 heavy (non-hydrogen) atoms. The average Bonchev–Trinajstić information content (AvgIpc) is 2.83. The van der Waals surface area contributed by atoms with E-state index in [9.17, 15) is 0 Å². The second-order valence-corrected chi connectivity index (χ2v) is 5.19. The number of nitrogens with zero attached hydrogens (tertiary/aromatic N) is 2. The second-order valence-electron chi connectivity index (χ2n) is 4.76. The van der Waals surface area contributed by atoms with Gasteiger partial charge in [-0.15, -0.1) is 0 Å². The highest BCUT2D eigenvalue weighted by atomic mass is 35.5. The lowest BCUT2D eigenvalue weighted by Gasteiger charge is -2.18. The molecule has 0 N–H and O–H groups in total. The molecule has 1 unspecified atom stereocenters. The lowest BCUT2D eigenvalue weighted by Crippen LogP contribution is -2.13. The Hall–Kier alpha value is -1.80. The summed E-state index contributed by atoms with van der Waals surface area (Å²) in [5, 5.41) is 7.46. The first kappa shape index (κ1) is 12.2. The van der Waals surface area contributed by atoms with Gasteiger partial charge in [-0.1, -0.05) is 54.1 Å². The van der Waals surface area contributed by atoms with Gasteiger partial charge in [0.05, 0.1) is 11.8 Å². The van der Waals surface area contributed by atoms with Gasteiger partial charge < -0.3 is 0 Å². The van der Waals surface area contributed by atoms with Crippen LogP contribution < -0.4 is 0 Å². The third-order valence-corrected chi connectivity index (χ3v) is 3.73. The molecule has 3 rings (SSSR count). The Morgan fingerprint density at radius 3 is 2.42 bits per heavy atom. The highest BCUT2D eigenvalue weighted by Crippen LogP contribution is 2.31. The smallest absolute Gasteiger partial charge is 0.0773 e. The molecule has 1 atom stereocenters. The molecule has 3 heteroatoms. The maximum atomic E-state index is 5.94. The van der Waals surface area contributed by atoms with Crippen molar-refractivity contribution in [3.63, 3.8) is 0 Å². The zero-order chi connectivity index (χ0) is 13.2. The van der Waals surface area contributed by atoms with Gasteiger partial charge in [-0.2, -0.15) is 5.10 Å². The van der Waals surface area contributed by atoms with E-state index in [1.54, 1.807) is 0 Å². The second kappa shape index (κ2) is 5.06. The molecular weight excluding hydrogens is 256 g/mol. The number of hydrogen-bond acceptors (Lipinski definition) is 2. The normalized spacial score (nSPS) is 18.5. The van der Waals surface area contributed by atoms with Gasteiger partial charge in [0.15, 0.2) is 0 Å². The molecule has 2 aromatic carbocycles. The van der Waals surface area contributed by atoms with E-state index in [-0.39, 0.29) is 0 Å². The molecule has 0 saturated heterocycles. The van der Waals surface area contributed by atoms with E-state index in [0.29, 0.717) is 6.04 Å². The molecule has 0 spiro atoms. The number of hydrogen-bond donors (Lipinski definition) is 0. The summed E-state index contributed by atoms with van der Waals surface area (Å²) in [6, 6.07) is 18.7. The number of benzene rings is 2. The summed E-state index contributed by atoms with van der Waals surface area (Å²) in [5.74, 6) is 0. The summed E-state index contributed by atoms with van der Waals surface area (Å²) in [6.07, 6.45) is 0.933. The molecule has 0 radical (unpaired) electrons. The van der Waals surface area contributed by atoms with Crippen molar-refractivity contribution < 1.29 is 0 Å². The third-order valence-electron chi connectivity index (χ3n) is 3.48. The highest BCUT2D eigenvalue weighted by Gasteiger charge is 2.25. The van der Waals surface area contributed by atoms with Crippen LogP contribution in [0.4, 0.5) is 0 Å². The molecule has 0 fully saturated rings. The standard InChI is InChI=1S/C16H15ClN2/c1-19-16(13-7-9-14(17)10-8-13)11-15(18-19)12-5-3-2-4-6-12/h2-10,16H,11H2,1H3. The van der Waals surface area contributed by atoms with Crippen molar-refractivity contribution in [2.75, 3.05) is 7.05 Å². The lowest BCUT2D eigenvalue weighted by atomic mass is 9.99. The Kier molecular flexibility index (Phi) is 3.26. The number of hydrazone groups is 1. The minimum Gasteiger partial charge on any atom is -0.292 e. The fourth-order valence-corrected chi connectivity index (χ4v) is 2.57. The molecule has 2 nitrogen and oxygen atoms in total. The van der Waals surface area contributed by atoms with Gasteiger partial charge in [0.2, 0.25) is 0 Å². The van der Waals surface area contributed by atoms with Crippen molar-refractivity contribution in [2.45, 2.75) is 12.5 Å². The lowest BCUT2D eigenvalue weighted by molar-refractivity contribution is 0.290. The Labute approximate surface area is 118 Å². The van der Waals surface area contributed by atoms with Crippen LogP contribution in [-0.2, 0) is 0 Å². The van der Waals surface area contributed by atoms with Crippen LogP contribution in [0.3, 0.4) is 0 Å². The summed E-state index contributed by atoms with van der Waals surface area (Å²) in [5.41, 5.74) is 3.59. The SMILES string of the molecule is CN1N=C(c2ccccc2)CC1c1ccc(Cl)cc1. The molecule has 0 saturated carbocycles. The topological polar surface area (TPSA) is 15.6 Å². The van der Waals surface area contributed by atoms with Gasteiger partial charge in [-0.25, -0.2) is 0 Å². The highest BCUT2D eigenvalue weighted by molar-refractivity contribution is 6.30. The Morgan fingerprint density at radius 2 is 1.74 bits per heavy atom. The fourth-order valence-electron chi connectivity index (χ4n) is 2.44. The largest absolute Gasteiger partial charge is 0.292 e. The monoisotopic (exact) mass is 270 g/mol. The summed E-state index contributed by atoms with van der Waals surface area (Å²) in [6.45, 7) is 0. The summed E-state index contributed by atoms with van der Waals surface area (Å²) < 4.78 is 0. The van der Waals surface area contributed by atoms with E-state index in [0.717, 1.165) is 17.2 Å². The van der Waals surface area contributed by atoms with Gasteiger partial charge in [0, 0.05) is 18.5 Å². The first-order valence-corrected chi connectivity index (χ1v) is 6.73. The maximum Gasteiger partial charge on any atom is 0.0773 e. The van der Waals surface area contributed by atoms with Crippen molar-refractivity contribution in [1.29, 1.82) is 0 Å². The van der Waals surface area contributed by atoms with Crippen molar-refractivity contribution in [2.24, 2.45) is 5.10 Å². The molecule has 96 valence electrons. The van der Waals surface area contributed by atoms with Crippen LogP contribution in [0, 0.1) is 0 Å². The first-order valence-electron chi connectivity index (χ1n) is 6.35. The van der Waals surface area contributed by atoms with E-state index >= 15 is 0 Å². The minimum atomic E-state index is 0.299. The van der Waals surface area contributed by atoms with Crippen molar-refractivity contribution in [1.82, 2.24) is 5.01 Å². The van der Waals surface area contributed by atoms with Gasteiger partial charge >= 0.3 is 0 Å². The summed E-state index contributed by atoms with van der Waals surface area (Å²) in [4.78, 5) is 0. The van der Waals surface area contributed by atoms with E-state index in [1.807, 2.05) is 42.4 Å². The van der Waals surface area contributed by atoms with Crippen molar-refractivity contribution in [3.05, 3.63) is 70.7 Å². The van der Waals surface area contributed by atoms with Crippen LogP contribution in [0.2, 0.25) is 5.02 Å². The van der Waals surface area contributed by atoms with E-state index in [2.05, 4.69) is 29.4 Å². The van der Waals surface area contributed by atoms with Crippen LogP contribution in [0.1, 0.15) is 23.6 Å². The molecule has 1 heterocycles. The van der Waals surface area contributed by atoms with Crippen LogP contribution in [0.15, 0.2) is 59.7 Å². The molecule has 0 aromatic heterocycles. The van der Waals surface area contributed by atoms with Crippen LogP contribution in [-0.4, -0.2) is 17.8 Å². The van der Waals surface area contributed by atoms with Gasteiger partial charge in [-0.3, -0.25) is 5.01 Å². The first-order chi connectivity index (χ1) is 9.24. The van der Waals surface area contributed by atoms with Gasteiger partial charge in [-0.05, 0) is 23.3 Å². The van der Waals surface area contributed by atoms with Gasteiger partial charge in [0.1, 0.15) is 0 Å². The molecule has 2 aromatic rings. The maximum absolute atomic E-state index is 5.94. The molecule has 0 bridgehead atoms. The molecular formula is C16H15ClN2. The zero-order valence-corrected chi connectivity index (χ0v) is 11.5. The predicted octanol–water partition coefficient (Wildman–Crippen LogP) is 4.12. The Balaban J connectivity index is 1.84. The quantitative estimate of drug-likeness (QED) is 0.801. The number of halogens is 1. The molecule has 0 amide bonds. The molecule has 1 aliphatic rings. The van der Waals surface area contributed by atoms with E-state index in [4.69, 9.17) is 11.6 Å². The minimum absolute atomic E-state index is 0.299. The van der Waals surface area contributed by atoms with Crippen LogP contribution >= 0.6 is 11.6 Å². The predicted molar refractivity (Wildman–Crippen MR) is 79.6 cm³/mol. The average molecular weight is 271 g/mol. The Morgan fingerprint density at radius 1 is 1.05 bits per heavy atom. The zero-order valence-electron chi connectivity index (χ0n) is 10.8. The number of rotatable bonds is 2.